The van der Waals surface area contributed by atoms with Crippen molar-refractivity contribution in [1.29, 1.82) is 0 Å². The molecule has 0 aliphatic heterocycles. The van der Waals surface area contributed by atoms with Crippen LogP contribution in [0.15, 0.2) is 24.3 Å². The number of rotatable bonds is 3. The van der Waals surface area contributed by atoms with Crippen LogP contribution in [-0.4, -0.2) is 11.7 Å². The lowest BCUT2D eigenvalue weighted by Gasteiger charge is -2.27. The Morgan fingerprint density at radius 2 is 2.21 bits per heavy atom. The molecule has 2 nitrogen and oxygen atoms in total. The molecule has 2 rings (SSSR count). The number of hydrogen-bond acceptors (Lipinski definition) is 2. The van der Waals surface area contributed by atoms with Crippen molar-refractivity contribution in [2.24, 2.45) is 11.7 Å². The molecule has 0 bridgehead atoms. The van der Waals surface area contributed by atoms with Gasteiger partial charge in [0.05, 0.1) is 0 Å². The van der Waals surface area contributed by atoms with Crippen LogP contribution in [0.5, 0.6) is 0 Å². The van der Waals surface area contributed by atoms with Crippen molar-refractivity contribution in [2.75, 3.05) is 6.54 Å². The molecule has 1 unspecified atom stereocenters. The molecule has 0 heterocycles. The van der Waals surface area contributed by atoms with Crippen molar-refractivity contribution in [3.63, 3.8) is 0 Å². The summed E-state index contributed by atoms with van der Waals surface area (Å²) >= 11 is 0. The Balaban J connectivity index is 2.35. The van der Waals surface area contributed by atoms with Crippen LogP contribution < -0.4 is 5.73 Å². The first-order valence-corrected chi connectivity index (χ1v) is 5.16. The third-order valence-electron chi connectivity index (χ3n) is 3.08. The van der Waals surface area contributed by atoms with E-state index in [4.69, 9.17) is 5.73 Å². The number of hydrogen-bond donors (Lipinski definition) is 2. The fraction of sp³-hybridized carbons (Fsp3) is 0.500. The van der Waals surface area contributed by atoms with Crippen molar-refractivity contribution < 1.29 is 5.11 Å². The molecular weight excluding hydrogens is 174 g/mol. The smallest absolute Gasteiger partial charge is 0.105 e. The fourth-order valence-corrected chi connectivity index (χ4v) is 2.00. The Kier molecular flexibility index (Phi) is 2.33. The highest BCUT2D eigenvalue weighted by molar-refractivity contribution is 5.29. The molecule has 3 N–H and O–H groups in total. The van der Waals surface area contributed by atoms with E-state index >= 15 is 0 Å². The maximum atomic E-state index is 10.4. The largest absolute Gasteiger partial charge is 0.384 e. The molecule has 1 saturated carbocycles. The van der Waals surface area contributed by atoms with E-state index in [9.17, 15) is 5.11 Å². The van der Waals surface area contributed by atoms with Gasteiger partial charge in [-0.15, -0.1) is 0 Å². The summed E-state index contributed by atoms with van der Waals surface area (Å²) in [6.45, 7) is 2.36. The summed E-state index contributed by atoms with van der Waals surface area (Å²) in [5.41, 5.74) is 7.04. The zero-order valence-corrected chi connectivity index (χ0v) is 8.53. The lowest BCUT2D eigenvalue weighted by molar-refractivity contribution is 0.0222. The molecule has 1 aliphatic rings. The van der Waals surface area contributed by atoms with Gasteiger partial charge in [0.1, 0.15) is 5.60 Å². The molecule has 0 spiro atoms. The van der Waals surface area contributed by atoms with Crippen LogP contribution in [-0.2, 0) is 5.60 Å². The molecule has 0 amide bonds. The monoisotopic (exact) mass is 191 g/mol. The lowest BCUT2D eigenvalue weighted by atomic mass is 9.88. The second-order valence-corrected chi connectivity index (χ2v) is 4.27. The molecule has 1 atom stereocenters. The van der Waals surface area contributed by atoms with Gasteiger partial charge in [0.25, 0.3) is 0 Å². The van der Waals surface area contributed by atoms with E-state index in [1.165, 1.54) is 5.56 Å². The van der Waals surface area contributed by atoms with Crippen LogP contribution in [0.3, 0.4) is 0 Å². The molecule has 0 saturated heterocycles. The third-order valence-corrected chi connectivity index (χ3v) is 3.08. The molecular formula is C12H17NO. The highest BCUT2D eigenvalue weighted by Gasteiger charge is 2.43. The van der Waals surface area contributed by atoms with Crippen LogP contribution in [0, 0.1) is 12.8 Å². The van der Waals surface area contributed by atoms with Gasteiger partial charge in [-0.1, -0.05) is 29.8 Å². The van der Waals surface area contributed by atoms with Crippen LogP contribution in [0.4, 0.5) is 0 Å². The Bertz CT molecular complexity index is 333. The average Bonchev–Trinajstić information content (AvgIpc) is 3.00. The molecule has 1 aromatic carbocycles. The first-order valence-electron chi connectivity index (χ1n) is 5.16. The van der Waals surface area contributed by atoms with E-state index in [2.05, 4.69) is 0 Å². The zero-order chi connectivity index (χ0) is 10.2. The predicted octanol–water partition coefficient (Wildman–Crippen LogP) is 1.55. The number of aryl methyl sites for hydroxylation is 1. The van der Waals surface area contributed by atoms with E-state index in [1.54, 1.807) is 0 Å². The van der Waals surface area contributed by atoms with Gasteiger partial charge in [0.15, 0.2) is 0 Å². The second-order valence-electron chi connectivity index (χ2n) is 4.27. The first-order chi connectivity index (χ1) is 6.66. The van der Waals surface area contributed by atoms with Gasteiger partial charge in [-0.3, -0.25) is 0 Å². The van der Waals surface area contributed by atoms with Crippen LogP contribution >= 0.6 is 0 Å². The average molecular weight is 191 g/mol. The molecule has 0 aromatic heterocycles. The summed E-state index contributed by atoms with van der Waals surface area (Å²) in [5.74, 6) is 0.370. The Morgan fingerprint density at radius 3 is 2.71 bits per heavy atom. The lowest BCUT2D eigenvalue weighted by Crippen LogP contribution is -2.37. The van der Waals surface area contributed by atoms with Crippen molar-refractivity contribution in [1.82, 2.24) is 0 Å². The molecule has 2 heteroatoms. The summed E-state index contributed by atoms with van der Waals surface area (Å²) < 4.78 is 0. The Labute approximate surface area is 84.7 Å². The minimum absolute atomic E-state index is 0.321. The Morgan fingerprint density at radius 1 is 1.50 bits per heavy atom. The minimum atomic E-state index is -0.786. The van der Waals surface area contributed by atoms with Gasteiger partial charge in [-0.2, -0.15) is 0 Å². The topological polar surface area (TPSA) is 46.2 Å². The summed E-state index contributed by atoms with van der Waals surface area (Å²) in [7, 11) is 0. The fourth-order valence-electron chi connectivity index (χ4n) is 2.00. The summed E-state index contributed by atoms with van der Waals surface area (Å²) in [6, 6.07) is 8.02. The van der Waals surface area contributed by atoms with Crippen molar-refractivity contribution in [2.45, 2.75) is 25.4 Å². The number of nitrogens with two attached hydrogens (primary N) is 1. The maximum Gasteiger partial charge on any atom is 0.105 e. The minimum Gasteiger partial charge on any atom is -0.384 e. The van der Waals surface area contributed by atoms with Crippen LogP contribution in [0.25, 0.3) is 0 Å². The molecule has 0 radical (unpaired) electrons. The summed E-state index contributed by atoms with van der Waals surface area (Å²) in [6.07, 6.45) is 2.20. The molecule has 14 heavy (non-hydrogen) atoms. The molecule has 1 aromatic rings. The zero-order valence-electron chi connectivity index (χ0n) is 8.53. The number of aliphatic hydroxyl groups is 1. The second kappa shape index (κ2) is 3.37. The molecule has 76 valence electrons. The van der Waals surface area contributed by atoms with E-state index in [1.807, 2.05) is 31.2 Å². The van der Waals surface area contributed by atoms with Crippen LogP contribution in [0.2, 0.25) is 0 Å². The maximum absolute atomic E-state index is 10.4. The van der Waals surface area contributed by atoms with E-state index in [0.29, 0.717) is 12.5 Å². The third kappa shape index (κ3) is 1.56. The summed E-state index contributed by atoms with van der Waals surface area (Å²) in [4.78, 5) is 0. The van der Waals surface area contributed by atoms with E-state index in [-0.39, 0.29) is 0 Å². The van der Waals surface area contributed by atoms with Crippen molar-refractivity contribution in [3.05, 3.63) is 35.4 Å². The predicted molar refractivity (Wildman–Crippen MR) is 56.9 cm³/mol. The Hall–Kier alpha value is -0.860. The summed E-state index contributed by atoms with van der Waals surface area (Å²) in [5, 5.41) is 10.4. The van der Waals surface area contributed by atoms with Gasteiger partial charge in [0, 0.05) is 6.54 Å². The van der Waals surface area contributed by atoms with Gasteiger partial charge in [-0.25, -0.2) is 0 Å². The number of benzene rings is 1. The van der Waals surface area contributed by atoms with Crippen molar-refractivity contribution in [3.8, 4) is 0 Å². The van der Waals surface area contributed by atoms with Crippen LogP contribution in [0.1, 0.15) is 24.0 Å². The quantitative estimate of drug-likeness (QED) is 0.761. The van der Waals surface area contributed by atoms with Gasteiger partial charge >= 0.3 is 0 Å². The van der Waals surface area contributed by atoms with Gasteiger partial charge in [-0.05, 0) is 31.2 Å². The van der Waals surface area contributed by atoms with Gasteiger partial charge in [0.2, 0.25) is 0 Å². The SMILES string of the molecule is Cc1cccc(C(O)(CN)C2CC2)c1. The van der Waals surface area contributed by atoms with Crippen molar-refractivity contribution >= 4 is 0 Å². The normalized spacial score (nSPS) is 20.5. The standard InChI is InChI=1S/C12H17NO/c1-9-3-2-4-11(7-9)12(14,8-13)10-5-6-10/h2-4,7,10,14H,5-6,8,13H2,1H3. The highest BCUT2D eigenvalue weighted by Crippen LogP contribution is 2.45. The van der Waals surface area contributed by atoms with Gasteiger partial charge < -0.3 is 10.8 Å². The first kappa shape index (κ1) is 9.69. The van der Waals surface area contributed by atoms with E-state index in [0.717, 1.165) is 18.4 Å². The highest BCUT2D eigenvalue weighted by atomic mass is 16.3. The van der Waals surface area contributed by atoms with E-state index < -0.39 is 5.60 Å². The molecule has 1 aliphatic carbocycles. The molecule has 1 fully saturated rings.